The predicted octanol–water partition coefficient (Wildman–Crippen LogP) is 1.74. The normalized spacial score (nSPS) is 11.5. The Bertz CT molecular complexity index is 696. The topological polar surface area (TPSA) is 81.4 Å². The summed E-state index contributed by atoms with van der Waals surface area (Å²) in [5.41, 5.74) is 6.46. The van der Waals surface area contributed by atoms with Gasteiger partial charge in [-0.25, -0.2) is 13.1 Å². The van der Waals surface area contributed by atoms with Crippen molar-refractivity contribution in [2.24, 2.45) is 5.73 Å². The van der Waals surface area contributed by atoms with E-state index in [0.717, 1.165) is 16.2 Å². The number of benzene rings is 1. The monoisotopic (exact) mass is 326 g/mol. The Balaban J connectivity index is 1.99. The van der Waals surface area contributed by atoms with E-state index in [0.29, 0.717) is 23.7 Å². The lowest BCUT2D eigenvalue weighted by atomic mass is 10.1. The minimum absolute atomic E-state index is 0.294. The number of methoxy groups -OCH3 is 1. The molecule has 0 unspecified atom stereocenters. The molecule has 0 saturated carbocycles. The second-order valence-electron chi connectivity index (χ2n) is 4.38. The van der Waals surface area contributed by atoms with Crippen molar-refractivity contribution in [1.82, 2.24) is 4.72 Å². The lowest BCUT2D eigenvalue weighted by Gasteiger charge is -2.08. The first kappa shape index (κ1) is 16.0. The number of thiophene rings is 1. The van der Waals surface area contributed by atoms with Gasteiger partial charge in [0.2, 0.25) is 10.0 Å². The molecule has 21 heavy (non-hydrogen) atoms. The molecule has 1 aromatic carbocycles. The van der Waals surface area contributed by atoms with E-state index in [1.54, 1.807) is 19.2 Å². The van der Waals surface area contributed by atoms with Crippen molar-refractivity contribution < 1.29 is 13.2 Å². The predicted molar refractivity (Wildman–Crippen MR) is 84.1 cm³/mol. The largest absolute Gasteiger partial charge is 0.496 e. The van der Waals surface area contributed by atoms with E-state index in [-0.39, 0.29) is 0 Å². The van der Waals surface area contributed by atoms with E-state index in [1.165, 1.54) is 11.3 Å². The van der Waals surface area contributed by atoms with Crippen LogP contribution in [0.1, 0.15) is 10.4 Å². The summed E-state index contributed by atoms with van der Waals surface area (Å²) in [7, 11) is -1.87. The lowest BCUT2D eigenvalue weighted by molar-refractivity contribution is 0.409. The Morgan fingerprint density at radius 1 is 1.24 bits per heavy atom. The summed E-state index contributed by atoms with van der Waals surface area (Å²) in [5, 5.41) is 0. The van der Waals surface area contributed by atoms with Crippen molar-refractivity contribution in [2.45, 2.75) is 17.2 Å². The molecule has 1 heterocycles. The molecule has 5 nitrogen and oxygen atoms in total. The number of hydrogen-bond acceptors (Lipinski definition) is 5. The highest BCUT2D eigenvalue weighted by molar-refractivity contribution is 7.91. The van der Waals surface area contributed by atoms with Crippen molar-refractivity contribution in [3.8, 4) is 5.75 Å². The highest BCUT2D eigenvalue weighted by Crippen LogP contribution is 2.21. The fourth-order valence-electron chi connectivity index (χ4n) is 1.91. The van der Waals surface area contributed by atoms with E-state index in [1.807, 2.05) is 24.3 Å². The molecule has 7 heteroatoms. The van der Waals surface area contributed by atoms with Crippen LogP contribution in [-0.2, 0) is 23.0 Å². The molecule has 0 aliphatic rings. The number of para-hydroxylation sites is 1. The van der Waals surface area contributed by atoms with Gasteiger partial charge in [-0.1, -0.05) is 18.2 Å². The van der Waals surface area contributed by atoms with Gasteiger partial charge in [0.25, 0.3) is 0 Å². The zero-order chi connectivity index (χ0) is 15.3. The highest BCUT2D eigenvalue weighted by Gasteiger charge is 2.16. The summed E-state index contributed by atoms with van der Waals surface area (Å²) in [6.45, 7) is 0.667. The van der Waals surface area contributed by atoms with Crippen LogP contribution >= 0.6 is 11.3 Å². The zero-order valence-corrected chi connectivity index (χ0v) is 13.3. The number of nitrogens with two attached hydrogens (primary N) is 1. The molecule has 2 aromatic rings. The van der Waals surface area contributed by atoms with Gasteiger partial charge >= 0.3 is 0 Å². The van der Waals surface area contributed by atoms with Gasteiger partial charge in [-0.3, -0.25) is 0 Å². The van der Waals surface area contributed by atoms with Crippen LogP contribution in [0, 0.1) is 0 Å². The van der Waals surface area contributed by atoms with Crippen LogP contribution in [0.25, 0.3) is 0 Å². The maximum Gasteiger partial charge on any atom is 0.250 e. The van der Waals surface area contributed by atoms with Crippen molar-refractivity contribution in [1.29, 1.82) is 0 Å². The molecule has 0 fully saturated rings. The number of sulfonamides is 1. The quantitative estimate of drug-likeness (QED) is 0.812. The molecule has 0 aliphatic carbocycles. The van der Waals surface area contributed by atoms with Gasteiger partial charge in [0.15, 0.2) is 0 Å². The van der Waals surface area contributed by atoms with Gasteiger partial charge < -0.3 is 10.5 Å². The molecule has 0 bridgehead atoms. The molecule has 0 saturated heterocycles. The third-order valence-corrected chi connectivity index (χ3v) is 6.04. The van der Waals surface area contributed by atoms with Crippen molar-refractivity contribution in [2.75, 3.05) is 13.7 Å². The highest BCUT2D eigenvalue weighted by atomic mass is 32.2. The average Bonchev–Trinajstić information content (AvgIpc) is 2.97. The van der Waals surface area contributed by atoms with Gasteiger partial charge in [-0.05, 0) is 30.2 Å². The molecule has 114 valence electrons. The van der Waals surface area contributed by atoms with Crippen LogP contribution in [0.2, 0.25) is 0 Å². The van der Waals surface area contributed by atoms with E-state index in [2.05, 4.69) is 4.72 Å². The molecule has 0 aliphatic heterocycles. The summed E-state index contributed by atoms with van der Waals surface area (Å²) in [4.78, 5) is 0.847. The van der Waals surface area contributed by atoms with Gasteiger partial charge in [-0.15, -0.1) is 11.3 Å². The molecule has 3 N–H and O–H groups in total. The molecule has 1 aromatic heterocycles. The van der Waals surface area contributed by atoms with Crippen LogP contribution in [0.15, 0.2) is 40.6 Å². The number of nitrogens with one attached hydrogen (secondary N) is 1. The molecular formula is C14H18N2O3S2. The first-order valence-electron chi connectivity index (χ1n) is 6.47. The third-order valence-electron chi connectivity index (χ3n) is 2.98. The summed E-state index contributed by atoms with van der Waals surface area (Å²) in [6.07, 6.45) is 0.568. The average molecular weight is 326 g/mol. The molecule has 0 radical (unpaired) electrons. The third kappa shape index (κ3) is 4.04. The summed E-state index contributed by atoms with van der Waals surface area (Å²) < 4.78 is 32.4. The first-order valence-corrected chi connectivity index (χ1v) is 8.77. The Hall–Kier alpha value is -1.41. The summed E-state index contributed by atoms with van der Waals surface area (Å²) in [6, 6.07) is 10.9. The first-order chi connectivity index (χ1) is 10.1. The fraction of sp³-hybridized carbons (Fsp3) is 0.286. The Labute approximate surface area is 128 Å². The second kappa shape index (κ2) is 7.04. The number of rotatable bonds is 7. The van der Waals surface area contributed by atoms with E-state index >= 15 is 0 Å². The SMILES string of the molecule is COc1ccccc1CCNS(=O)(=O)c1ccc(CN)s1. The van der Waals surface area contributed by atoms with Crippen LogP contribution in [0.4, 0.5) is 0 Å². The van der Waals surface area contributed by atoms with Crippen molar-refractivity contribution in [3.63, 3.8) is 0 Å². The minimum Gasteiger partial charge on any atom is -0.496 e. The molecule has 0 atom stereocenters. The summed E-state index contributed by atoms with van der Waals surface area (Å²) >= 11 is 1.19. The van der Waals surface area contributed by atoms with Gasteiger partial charge in [-0.2, -0.15) is 0 Å². The Kier molecular flexibility index (Phi) is 5.35. The van der Waals surface area contributed by atoms with Gasteiger partial charge in [0.05, 0.1) is 7.11 Å². The number of hydrogen-bond donors (Lipinski definition) is 2. The maximum atomic E-state index is 12.1. The van der Waals surface area contributed by atoms with E-state index in [4.69, 9.17) is 10.5 Å². The van der Waals surface area contributed by atoms with E-state index in [9.17, 15) is 8.42 Å². The van der Waals surface area contributed by atoms with Crippen LogP contribution < -0.4 is 15.2 Å². The van der Waals surface area contributed by atoms with Gasteiger partial charge in [0, 0.05) is 18.0 Å². The lowest BCUT2D eigenvalue weighted by Crippen LogP contribution is -2.25. The molecular weight excluding hydrogens is 308 g/mol. The van der Waals surface area contributed by atoms with Crippen molar-refractivity contribution in [3.05, 3.63) is 46.8 Å². The Morgan fingerprint density at radius 3 is 2.67 bits per heavy atom. The van der Waals surface area contributed by atoms with E-state index < -0.39 is 10.0 Å². The van der Waals surface area contributed by atoms with Crippen molar-refractivity contribution >= 4 is 21.4 Å². The molecule has 2 rings (SSSR count). The molecule has 0 amide bonds. The molecule has 0 spiro atoms. The zero-order valence-electron chi connectivity index (χ0n) is 11.7. The van der Waals surface area contributed by atoms with Crippen LogP contribution in [-0.4, -0.2) is 22.1 Å². The van der Waals surface area contributed by atoms with Crippen LogP contribution in [0.3, 0.4) is 0 Å². The Morgan fingerprint density at radius 2 is 2.00 bits per heavy atom. The van der Waals surface area contributed by atoms with Gasteiger partial charge in [0.1, 0.15) is 9.96 Å². The smallest absolute Gasteiger partial charge is 0.250 e. The fourth-order valence-corrected chi connectivity index (χ4v) is 4.22. The van der Waals surface area contributed by atoms with Crippen LogP contribution in [0.5, 0.6) is 5.75 Å². The summed E-state index contributed by atoms with van der Waals surface area (Å²) in [5.74, 6) is 0.762. The maximum absolute atomic E-state index is 12.1. The second-order valence-corrected chi connectivity index (χ2v) is 7.55. The minimum atomic E-state index is -3.47. The number of ether oxygens (including phenoxy) is 1. The standard InChI is InChI=1S/C14H18N2O3S2/c1-19-13-5-3-2-4-11(13)8-9-16-21(17,18)14-7-6-12(10-15)20-14/h2-7,16H,8-10,15H2,1H3.